The molecule has 1 aromatic carbocycles. The number of nitrogens with zero attached hydrogens (tertiary/aromatic N) is 1. The zero-order valence-electron chi connectivity index (χ0n) is 14.5. The highest BCUT2D eigenvalue weighted by atomic mass is 35.5. The molecule has 25 heavy (non-hydrogen) atoms. The number of hydrogen-bond acceptors (Lipinski definition) is 3. The Kier molecular flexibility index (Phi) is 5.64. The van der Waals surface area contributed by atoms with E-state index in [1.807, 2.05) is 30.0 Å². The van der Waals surface area contributed by atoms with E-state index in [0.717, 1.165) is 31.2 Å². The number of fused-ring (bicyclic) bond motifs is 1. The van der Waals surface area contributed by atoms with Gasteiger partial charge in [-0.15, -0.1) is 0 Å². The van der Waals surface area contributed by atoms with Gasteiger partial charge in [0.15, 0.2) is 0 Å². The van der Waals surface area contributed by atoms with E-state index in [1.165, 1.54) is 0 Å². The van der Waals surface area contributed by atoms with Crippen LogP contribution < -0.4 is 5.32 Å². The minimum atomic E-state index is -0.818. The van der Waals surface area contributed by atoms with Gasteiger partial charge in [0.25, 0.3) is 0 Å². The number of carboxylic acids is 1. The van der Waals surface area contributed by atoms with E-state index in [2.05, 4.69) is 5.32 Å². The van der Waals surface area contributed by atoms with Crippen molar-refractivity contribution in [3.05, 3.63) is 34.9 Å². The third-order valence-electron chi connectivity index (χ3n) is 5.58. The minimum Gasteiger partial charge on any atom is -0.480 e. The molecule has 6 heteroatoms. The van der Waals surface area contributed by atoms with E-state index in [4.69, 9.17) is 11.6 Å². The first-order valence-electron chi connectivity index (χ1n) is 8.99. The van der Waals surface area contributed by atoms with Gasteiger partial charge in [-0.25, -0.2) is 0 Å². The number of carbonyl (C=O) groups excluding carboxylic acids is 1. The molecule has 4 unspecified atom stereocenters. The first-order valence-corrected chi connectivity index (χ1v) is 9.37. The lowest BCUT2D eigenvalue weighted by atomic mass is 9.85. The summed E-state index contributed by atoms with van der Waals surface area (Å²) in [4.78, 5) is 26.1. The van der Waals surface area contributed by atoms with Gasteiger partial charge in [-0.3, -0.25) is 14.5 Å². The molecule has 5 nitrogen and oxygen atoms in total. The fourth-order valence-corrected chi connectivity index (χ4v) is 4.68. The van der Waals surface area contributed by atoms with Crippen molar-refractivity contribution in [2.24, 2.45) is 5.92 Å². The molecule has 1 heterocycles. The van der Waals surface area contributed by atoms with Crippen molar-refractivity contribution in [1.82, 2.24) is 10.2 Å². The molecule has 4 atom stereocenters. The predicted octanol–water partition coefficient (Wildman–Crippen LogP) is 3.23. The molecule has 1 aromatic rings. The summed E-state index contributed by atoms with van der Waals surface area (Å²) < 4.78 is 0. The van der Waals surface area contributed by atoms with Crippen LogP contribution in [-0.2, 0) is 9.59 Å². The summed E-state index contributed by atoms with van der Waals surface area (Å²) in [7, 11) is 0. The molecule has 2 N–H and O–H groups in total. The van der Waals surface area contributed by atoms with Gasteiger partial charge < -0.3 is 10.4 Å². The molecule has 1 saturated heterocycles. The molecule has 0 spiro atoms. The largest absolute Gasteiger partial charge is 0.480 e. The van der Waals surface area contributed by atoms with E-state index in [9.17, 15) is 14.7 Å². The summed E-state index contributed by atoms with van der Waals surface area (Å²) in [5.41, 5.74) is 0.865. The van der Waals surface area contributed by atoms with Crippen LogP contribution in [0.3, 0.4) is 0 Å². The Bertz CT molecular complexity index is 651. The van der Waals surface area contributed by atoms with Crippen molar-refractivity contribution >= 4 is 23.5 Å². The number of rotatable bonds is 5. The highest BCUT2D eigenvalue weighted by Gasteiger charge is 2.45. The first-order chi connectivity index (χ1) is 12.0. The maximum absolute atomic E-state index is 12.5. The Hall–Kier alpha value is -1.59. The van der Waals surface area contributed by atoms with Crippen LogP contribution in [0.25, 0.3) is 0 Å². The van der Waals surface area contributed by atoms with Crippen LogP contribution in [0, 0.1) is 5.92 Å². The molecule has 2 fully saturated rings. The summed E-state index contributed by atoms with van der Waals surface area (Å²) >= 11 is 6.19. The van der Waals surface area contributed by atoms with E-state index in [-0.39, 0.29) is 24.5 Å². The molecule has 1 aliphatic carbocycles. The van der Waals surface area contributed by atoms with Gasteiger partial charge in [0.2, 0.25) is 5.91 Å². The Balaban J connectivity index is 1.66. The van der Waals surface area contributed by atoms with Crippen LogP contribution in [0.5, 0.6) is 0 Å². The van der Waals surface area contributed by atoms with E-state index < -0.39 is 12.0 Å². The van der Waals surface area contributed by atoms with Crippen LogP contribution in [0.15, 0.2) is 24.3 Å². The maximum atomic E-state index is 12.5. The van der Waals surface area contributed by atoms with Gasteiger partial charge in [-0.2, -0.15) is 0 Å². The van der Waals surface area contributed by atoms with Gasteiger partial charge in [0.1, 0.15) is 6.04 Å². The molecule has 3 rings (SSSR count). The van der Waals surface area contributed by atoms with Gasteiger partial charge in [0.05, 0.1) is 12.6 Å². The molecular formula is C19H25ClN2O3. The number of likely N-dealkylation sites (tertiary alicyclic amines) is 1. The molecule has 1 aliphatic heterocycles. The lowest BCUT2D eigenvalue weighted by molar-refractivity contribution is -0.143. The zero-order valence-corrected chi connectivity index (χ0v) is 15.2. The average Bonchev–Trinajstić information content (AvgIpc) is 2.94. The average molecular weight is 365 g/mol. The smallest absolute Gasteiger partial charge is 0.320 e. The Morgan fingerprint density at radius 2 is 2.04 bits per heavy atom. The molecule has 136 valence electrons. The fourth-order valence-electron chi connectivity index (χ4n) is 4.38. The summed E-state index contributed by atoms with van der Waals surface area (Å²) in [6.07, 6.45) is 5.00. The highest BCUT2D eigenvalue weighted by Crippen LogP contribution is 2.39. The minimum absolute atomic E-state index is 0.132. The summed E-state index contributed by atoms with van der Waals surface area (Å²) in [5, 5.41) is 13.1. The molecule has 0 bridgehead atoms. The van der Waals surface area contributed by atoms with Gasteiger partial charge >= 0.3 is 5.97 Å². The third kappa shape index (κ3) is 3.98. The molecule has 1 amide bonds. The molecule has 0 aromatic heterocycles. The highest BCUT2D eigenvalue weighted by molar-refractivity contribution is 6.31. The molecular weight excluding hydrogens is 340 g/mol. The number of benzene rings is 1. The van der Waals surface area contributed by atoms with Crippen LogP contribution in [0.1, 0.15) is 50.6 Å². The van der Waals surface area contributed by atoms with Crippen molar-refractivity contribution in [3.63, 3.8) is 0 Å². The monoisotopic (exact) mass is 364 g/mol. The quantitative estimate of drug-likeness (QED) is 0.841. The lowest BCUT2D eigenvalue weighted by Crippen LogP contribution is -2.47. The zero-order chi connectivity index (χ0) is 18.0. The van der Waals surface area contributed by atoms with Crippen LogP contribution in [-0.4, -0.2) is 40.5 Å². The third-order valence-corrected chi connectivity index (χ3v) is 5.93. The van der Waals surface area contributed by atoms with Gasteiger partial charge in [-0.1, -0.05) is 42.6 Å². The van der Waals surface area contributed by atoms with Crippen LogP contribution >= 0.6 is 11.6 Å². The SMILES string of the molecule is CC(NC(=O)CN1C(C(=O)O)CC2CCCCC21)c1ccccc1Cl. The topological polar surface area (TPSA) is 69.6 Å². The molecule has 0 radical (unpaired) electrons. The number of amides is 1. The van der Waals surface area contributed by atoms with Crippen molar-refractivity contribution in [3.8, 4) is 0 Å². The number of hydrogen-bond donors (Lipinski definition) is 2. The fraction of sp³-hybridized carbons (Fsp3) is 0.579. The predicted molar refractivity (Wildman–Crippen MR) is 96.5 cm³/mol. The summed E-state index contributed by atoms with van der Waals surface area (Å²) in [5.74, 6) is -0.560. The standard InChI is InChI=1S/C19H25ClN2O3/c1-12(14-7-3-4-8-15(14)20)21-18(23)11-22-16-9-5-2-6-13(16)10-17(22)19(24)25/h3-4,7-8,12-13,16-17H,2,5-6,9-11H2,1H3,(H,21,23)(H,24,25). The van der Waals surface area contributed by atoms with Crippen molar-refractivity contribution in [1.29, 1.82) is 0 Å². The first kappa shape index (κ1) is 18.2. The number of nitrogens with one attached hydrogen (secondary N) is 1. The Morgan fingerprint density at radius 1 is 1.32 bits per heavy atom. The maximum Gasteiger partial charge on any atom is 0.320 e. The van der Waals surface area contributed by atoms with Crippen LogP contribution in [0.2, 0.25) is 5.02 Å². The molecule has 1 saturated carbocycles. The summed E-state index contributed by atoms with van der Waals surface area (Å²) in [6.45, 7) is 2.02. The number of halogens is 1. The number of carboxylic acid groups (broad SMARTS) is 1. The van der Waals surface area contributed by atoms with Crippen molar-refractivity contribution in [2.75, 3.05) is 6.54 Å². The van der Waals surface area contributed by atoms with Crippen molar-refractivity contribution < 1.29 is 14.7 Å². The van der Waals surface area contributed by atoms with Crippen molar-refractivity contribution in [2.45, 2.75) is 57.2 Å². The van der Waals surface area contributed by atoms with Crippen LogP contribution in [0.4, 0.5) is 0 Å². The molecule has 2 aliphatic rings. The van der Waals surface area contributed by atoms with E-state index in [0.29, 0.717) is 17.4 Å². The Morgan fingerprint density at radius 3 is 2.76 bits per heavy atom. The lowest BCUT2D eigenvalue weighted by Gasteiger charge is -2.32. The summed E-state index contributed by atoms with van der Waals surface area (Å²) in [6, 6.07) is 6.89. The van der Waals surface area contributed by atoms with Gasteiger partial charge in [0, 0.05) is 11.1 Å². The normalized spacial score (nSPS) is 27.5. The second kappa shape index (κ2) is 7.75. The second-order valence-corrected chi connectivity index (χ2v) is 7.59. The number of aliphatic carboxylic acids is 1. The van der Waals surface area contributed by atoms with Gasteiger partial charge in [-0.05, 0) is 43.7 Å². The van der Waals surface area contributed by atoms with E-state index in [1.54, 1.807) is 6.07 Å². The van der Waals surface area contributed by atoms with E-state index >= 15 is 0 Å². The second-order valence-electron chi connectivity index (χ2n) is 7.18. The Labute approximate surface area is 153 Å². The number of carbonyl (C=O) groups is 2.